The van der Waals surface area contributed by atoms with Crippen molar-refractivity contribution in [3.05, 3.63) is 0 Å². The van der Waals surface area contributed by atoms with Gasteiger partial charge >= 0.3 is 17.8 Å². The van der Waals surface area contributed by atoms with Crippen molar-refractivity contribution >= 4 is 0 Å². The Morgan fingerprint density at radius 3 is 0.542 bits per heavy atom. The van der Waals surface area contributed by atoms with Crippen LogP contribution in [0.5, 0.6) is 0 Å². The van der Waals surface area contributed by atoms with Gasteiger partial charge in [0.25, 0.3) is 0 Å². The van der Waals surface area contributed by atoms with Gasteiger partial charge < -0.3 is 0 Å². The highest BCUT2D eigenvalue weighted by molar-refractivity contribution is 5.31. The Kier molecular flexibility index (Phi) is 3.98. The van der Waals surface area contributed by atoms with E-state index in [4.69, 9.17) is 0 Å². The van der Waals surface area contributed by atoms with Crippen LogP contribution in [0.2, 0.25) is 0 Å². The standard InChI is InChI=1S/C7H9F5.C6H6F6/c1-4(8)5(2,9)7(11,12)6(4,3)10;1-3(7)5(9,10)4(2,8)6(3,11)12/h1-3H3;1-2H3. The van der Waals surface area contributed by atoms with E-state index in [-0.39, 0.29) is 13.8 Å². The van der Waals surface area contributed by atoms with Crippen LogP contribution in [-0.4, -0.2) is 46.1 Å². The van der Waals surface area contributed by atoms with Crippen LogP contribution in [0.25, 0.3) is 0 Å². The van der Waals surface area contributed by atoms with Gasteiger partial charge in [0.05, 0.1) is 0 Å². The lowest BCUT2D eigenvalue weighted by atomic mass is 9.57. The van der Waals surface area contributed by atoms with Gasteiger partial charge in [-0.2, -0.15) is 26.3 Å². The van der Waals surface area contributed by atoms with Gasteiger partial charge in [-0.1, -0.05) is 0 Å². The molecule has 144 valence electrons. The first-order valence-corrected chi connectivity index (χ1v) is 6.58. The zero-order valence-corrected chi connectivity index (χ0v) is 13.2. The van der Waals surface area contributed by atoms with Gasteiger partial charge in [-0.3, -0.25) is 0 Å². The molecule has 0 spiro atoms. The van der Waals surface area contributed by atoms with E-state index >= 15 is 0 Å². The molecule has 0 aromatic carbocycles. The Hall–Kier alpha value is -0.770. The predicted octanol–water partition coefficient (Wildman–Crippen LogP) is 5.55. The van der Waals surface area contributed by atoms with Gasteiger partial charge in [0.1, 0.15) is 0 Å². The smallest absolute Gasteiger partial charge is 0.237 e. The maximum atomic E-state index is 13.0. The Balaban J connectivity index is 0.000000240. The average molecular weight is 380 g/mol. The summed E-state index contributed by atoms with van der Waals surface area (Å²) in [6.45, 7) is 1.23. The summed E-state index contributed by atoms with van der Waals surface area (Å²) in [7, 11) is 0. The fourth-order valence-corrected chi connectivity index (χ4v) is 2.62. The monoisotopic (exact) mass is 380 g/mol. The second-order valence-corrected chi connectivity index (χ2v) is 6.74. The number of hydrogen-bond acceptors (Lipinski definition) is 0. The van der Waals surface area contributed by atoms with E-state index in [1.807, 2.05) is 0 Å². The Labute approximate surface area is 130 Å². The first-order valence-electron chi connectivity index (χ1n) is 6.58. The quantitative estimate of drug-likeness (QED) is 0.484. The van der Waals surface area contributed by atoms with E-state index in [9.17, 15) is 48.3 Å². The molecule has 11 heteroatoms. The first kappa shape index (κ1) is 21.3. The fraction of sp³-hybridized carbons (Fsp3) is 1.00. The normalized spacial score (nSPS) is 54.0. The molecule has 0 N–H and O–H groups in total. The second kappa shape index (κ2) is 4.49. The van der Waals surface area contributed by atoms with Crippen molar-refractivity contribution in [1.82, 2.24) is 0 Å². The van der Waals surface area contributed by atoms with Crippen molar-refractivity contribution in [2.45, 2.75) is 80.7 Å². The summed E-state index contributed by atoms with van der Waals surface area (Å²) < 4.78 is 138. The largest absolute Gasteiger partial charge is 0.326 e. The molecular weight excluding hydrogens is 365 g/mol. The molecule has 2 rings (SSSR count). The lowest BCUT2D eigenvalue weighted by molar-refractivity contribution is -0.423. The Morgan fingerprint density at radius 1 is 0.292 bits per heavy atom. The molecule has 2 aliphatic carbocycles. The van der Waals surface area contributed by atoms with Gasteiger partial charge in [-0.15, -0.1) is 0 Å². The third kappa shape index (κ3) is 1.71. The molecule has 2 atom stereocenters. The number of alkyl halides is 11. The van der Waals surface area contributed by atoms with Crippen LogP contribution in [0.4, 0.5) is 48.3 Å². The number of halogens is 11. The molecule has 2 fully saturated rings. The van der Waals surface area contributed by atoms with Gasteiger partial charge in [0, 0.05) is 0 Å². The molecule has 2 unspecified atom stereocenters. The highest BCUT2D eigenvalue weighted by Crippen LogP contribution is 2.68. The maximum Gasteiger partial charge on any atom is 0.326 e. The van der Waals surface area contributed by atoms with Crippen molar-refractivity contribution in [3.63, 3.8) is 0 Å². The fourth-order valence-electron chi connectivity index (χ4n) is 2.62. The molecular formula is C13H15F11. The van der Waals surface area contributed by atoms with Gasteiger partial charge in [0.15, 0.2) is 5.67 Å². The summed E-state index contributed by atoms with van der Waals surface area (Å²) in [6, 6.07) is 0. The predicted molar refractivity (Wildman–Crippen MR) is 62.4 cm³/mol. The zero-order chi connectivity index (χ0) is 20.0. The first-order chi connectivity index (χ1) is 10.0. The molecule has 2 saturated carbocycles. The second-order valence-electron chi connectivity index (χ2n) is 6.74. The summed E-state index contributed by atoms with van der Waals surface area (Å²) in [5.74, 6) is -13.5. The molecule has 2 aliphatic rings. The molecule has 24 heavy (non-hydrogen) atoms. The van der Waals surface area contributed by atoms with E-state index in [0.717, 1.165) is 0 Å². The molecule has 0 amide bonds. The van der Waals surface area contributed by atoms with Crippen molar-refractivity contribution in [1.29, 1.82) is 0 Å². The highest BCUT2D eigenvalue weighted by Gasteiger charge is 2.94. The van der Waals surface area contributed by atoms with Crippen LogP contribution < -0.4 is 0 Å². The Morgan fingerprint density at radius 2 is 0.458 bits per heavy atom. The van der Waals surface area contributed by atoms with Crippen LogP contribution in [0.3, 0.4) is 0 Å². The molecule has 0 aromatic rings. The van der Waals surface area contributed by atoms with E-state index < -0.39 is 46.1 Å². The van der Waals surface area contributed by atoms with Crippen LogP contribution >= 0.6 is 0 Å². The molecule has 0 aromatic heterocycles. The lowest BCUT2D eigenvalue weighted by Gasteiger charge is -2.59. The minimum Gasteiger partial charge on any atom is -0.237 e. The summed E-state index contributed by atoms with van der Waals surface area (Å²) >= 11 is 0. The maximum absolute atomic E-state index is 13.0. The molecule has 0 heterocycles. The van der Waals surface area contributed by atoms with Crippen LogP contribution in [0.1, 0.15) is 34.6 Å². The SMILES string of the molecule is CC1(F)C(C)(F)C(F)(F)C1(C)F.CC1(F)C(F)(F)C(C)(F)C1(F)F. The van der Waals surface area contributed by atoms with Crippen molar-refractivity contribution in [2.24, 2.45) is 0 Å². The van der Waals surface area contributed by atoms with E-state index in [0.29, 0.717) is 20.8 Å². The summed E-state index contributed by atoms with van der Waals surface area (Å²) in [4.78, 5) is 0. The van der Waals surface area contributed by atoms with Gasteiger partial charge in [-0.25, -0.2) is 22.0 Å². The van der Waals surface area contributed by atoms with E-state index in [1.165, 1.54) is 0 Å². The summed E-state index contributed by atoms with van der Waals surface area (Å²) in [5, 5.41) is 0. The van der Waals surface area contributed by atoms with Crippen molar-refractivity contribution in [3.8, 4) is 0 Å². The third-order valence-corrected chi connectivity index (χ3v) is 5.30. The number of hydrogen-bond donors (Lipinski definition) is 0. The molecule has 0 aliphatic heterocycles. The van der Waals surface area contributed by atoms with Crippen LogP contribution in [0, 0.1) is 0 Å². The van der Waals surface area contributed by atoms with Gasteiger partial charge in [0.2, 0.25) is 22.7 Å². The van der Waals surface area contributed by atoms with Crippen LogP contribution in [0.15, 0.2) is 0 Å². The van der Waals surface area contributed by atoms with Crippen molar-refractivity contribution < 1.29 is 48.3 Å². The van der Waals surface area contributed by atoms with E-state index in [1.54, 1.807) is 0 Å². The highest BCUT2D eigenvalue weighted by atomic mass is 19.3. The average Bonchev–Trinajstić information content (AvgIpc) is 2.36. The molecule has 0 radical (unpaired) electrons. The molecule has 0 nitrogen and oxygen atoms in total. The minimum atomic E-state index is -4.64. The van der Waals surface area contributed by atoms with Gasteiger partial charge in [-0.05, 0) is 34.6 Å². The Bertz CT molecular complexity index is 352. The van der Waals surface area contributed by atoms with Crippen LogP contribution in [-0.2, 0) is 0 Å². The topological polar surface area (TPSA) is 0 Å². The summed E-state index contributed by atoms with van der Waals surface area (Å²) in [6.07, 6.45) is 0. The van der Waals surface area contributed by atoms with E-state index in [2.05, 4.69) is 0 Å². The zero-order valence-electron chi connectivity index (χ0n) is 13.2. The third-order valence-electron chi connectivity index (χ3n) is 5.30. The lowest BCUT2D eigenvalue weighted by Crippen LogP contribution is -2.84. The molecule has 0 bridgehead atoms. The van der Waals surface area contributed by atoms with Crippen molar-refractivity contribution in [2.75, 3.05) is 0 Å². The molecule has 0 saturated heterocycles. The minimum absolute atomic E-state index is 0.00563. The summed E-state index contributed by atoms with van der Waals surface area (Å²) in [5.41, 5.74) is -18.2. The number of rotatable bonds is 0.